The highest BCUT2D eigenvalue weighted by molar-refractivity contribution is 5.93. The quantitative estimate of drug-likeness (QED) is 0.707. The fraction of sp³-hybridized carbons (Fsp3) is 0.435. The van der Waals surface area contributed by atoms with Gasteiger partial charge in [-0.15, -0.1) is 0 Å². The number of carbonyl (C=O) groups excluding carboxylic acids is 1. The van der Waals surface area contributed by atoms with E-state index in [-0.39, 0.29) is 5.97 Å². The summed E-state index contributed by atoms with van der Waals surface area (Å²) >= 11 is 0. The van der Waals surface area contributed by atoms with Gasteiger partial charge in [-0.3, -0.25) is 0 Å². The van der Waals surface area contributed by atoms with Crippen LogP contribution in [-0.2, 0) is 17.8 Å². The van der Waals surface area contributed by atoms with Crippen molar-refractivity contribution in [3.63, 3.8) is 0 Å². The lowest BCUT2D eigenvalue weighted by Gasteiger charge is -2.20. The number of hydrogen-bond acceptors (Lipinski definition) is 6. The largest absolute Gasteiger partial charge is 0.477 e. The van der Waals surface area contributed by atoms with E-state index in [2.05, 4.69) is 28.9 Å². The Kier molecular flexibility index (Phi) is 4.48. The van der Waals surface area contributed by atoms with Gasteiger partial charge in [0.2, 0.25) is 5.88 Å². The molecule has 1 saturated carbocycles. The Balaban J connectivity index is 1.09. The summed E-state index contributed by atoms with van der Waals surface area (Å²) in [6.45, 7) is 6.53. The van der Waals surface area contributed by atoms with E-state index in [1.54, 1.807) is 18.3 Å². The van der Waals surface area contributed by atoms with Crippen LogP contribution in [0, 0.1) is 36.0 Å². The van der Waals surface area contributed by atoms with Gasteiger partial charge in [-0.2, -0.15) is 5.26 Å². The number of esters is 1. The minimum atomic E-state index is -0.196. The first kappa shape index (κ1) is 18.1. The summed E-state index contributed by atoms with van der Waals surface area (Å²) < 4.78 is 11.0. The molecule has 1 saturated heterocycles. The molecular formula is C23H23N3O3. The monoisotopic (exact) mass is 389 g/mol. The number of likely N-dealkylation sites (tertiary alicyclic amines) is 1. The Hall–Kier alpha value is -2.91. The number of carbonyl (C=O) groups is 1. The molecular weight excluding hydrogens is 366 g/mol. The van der Waals surface area contributed by atoms with Gasteiger partial charge in [0, 0.05) is 43.4 Å². The van der Waals surface area contributed by atoms with Crippen molar-refractivity contribution in [2.75, 3.05) is 26.2 Å². The molecule has 0 radical (unpaired) electrons. The third kappa shape index (κ3) is 3.36. The molecule has 1 aromatic heterocycles. The van der Waals surface area contributed by atoms with Gasteiger partial charge in [0.1, 0.15) is 12.7 Å². The molecule has 1 aliphatic carbocycles. The molecule has 3 heterocycles. The number of ether oxygens (including phenoxy) is 2. The van der Waals surface area contributed by atoms with Gasteiger partial charge in [0.05, 0.1) is 17.7 Å². The maximum Gasteiger partial charge on any atom is 0.338 e. The Morgan fingerprint density at radius 3 is 2.83 bits per heavy atom. The van der Waals surface area contributed by atoms with Crippen molar-refractivity contribution >= 4 is 5.97 Å². The molecule has 148 valence electrons. The molecule has 6 heteroatoms. The van der Waals surface area contributed by atoms with E-state index in [0.29, 0.717) is 30.6 Å². The van der Waals surface area contributed by atoms with Gasteiger partial charge in [-0.25, -0.2) is 9.78 Å². The maximum absolute atomic E-state index is 11.7. The zero-order valence-electron chi connectivity index (χ0n) is 16.4. The molecule has 2 unspecified atom stereocenters. The van der Waals surface area contributed by atoms with Crippen molar-refractivity contribution in [3.05, 3.63) is 58.3 Å². The standard InChI is InChI=1S/C23H23N3O3/c1-14-16(3-4-17-20(14)12-29-23(17)27)6-7-26-10-18-19(11-26)21(18)13-28-22-5-2-15(8-24)9-25-22/h2-5,9,18-19,21H,6-7,10-13H2,1H3. The van der Waals surface area contributed by atoms with Crippen molar-refractivity contribution in [1.82, 2.24) is 9.88 Å². The van der Waals surface area contributed by atoms with Crippen LogP contribution in [0.1, 0.15) is 32.6 Å². The van der Waals surface area contributed by atoms with E-state index in [1.165, 1.54) is 11.1 Å². The lowest BCUT2D eigenvalue weighted by Crippen LogP contribution is -2.28. The van der Waals surface area contributed by atoms with Gasteiger partial charge in [0.15, 0.2) is 0 Å². The summed E-state index contributed by atoms with van der Waals surface area (Å²) in [4.78, 5) is 18.4. The van der Waals surface area contributed by atoms with Crippen LogP contribution < -0.4 is 4.74 Å². The number of nitriles is 1. The van der Waals surface area contributed by atoms with Gasteiger partial charge >= 0.3 is 5.97 Å². The van der Waals surface area contributed by atoms with E-state index in [9.17, 15) is 4.79 Å². The zero-order valence-corrected chi connectivity index (χ0v) is 16.4. The summed E-state index contributed by atoms with van der Waals surface area (Å²) in [6, 6.07) is 9.56. The summed E-state index contributed by atoms with van der Waals surface area (Å²) in [7, 11) is 0. The van der Waals surface area contributed by atoms with E-state index >= 15 is 0 Å². The lowest BCUT2D eigenvalue weighted by atomic mass is 9.96. The number of pyridine rings is 1. The molecule has 2 aliphatic heterocycles. The predicted molar refractivity (Wildman–Crippen MR) is 105 cm³/mol. The number of cyclic esters (lactones) is 1. The molecule has 6 nitrogen and oxygen atoms in total. The van der Waals surface area contributed by atoms with Crippen molar-refractivity contribution in [3.8, 4) is 11.9 Å². The highest BCUT2D eigenvalue weighted by Gasteiger charge is 2.55. The highest BCUT2D eigenvalue weighted by Crippen LogP contribution is 2.51. The fourth-order valence-corrected chi connectivity index (χ4v) is 4.83. The molecule has 2 atom stereocenters. The van der Waals surface area contributed by atoms with Crippen LogP contribution in [0.25, 0.3) is 0 Å². The summed E-state index contributed by atoms with van der Waals surface area (Å²) in [5, 5.41) is 8.82. The zero-order chi connectivity index (χ0) is 20.0. The molecule has 0 bridgehead atoms. The molecule has 29 heavy (non-hydrogen) atoms. The Morgan fingerprint density at radius 1 is 1.28 bits per heavy atom. The first-order valence-corrected chi connectivity index (χ1v) is 10.1. The number of benzene rings is 1. The van der Waals surface area contributed by atoms with Gasteiger partial charge in [-0.05, 0) is 48.4 Å². The second-order valence-electron chi connectivity index (χ2n) is 8.26. The van der Waals surface area contributed by atoms with Gasteiger partial charge < -0.3 is 14.4 Å². The van der Waals surface area contributed by atoms with Crippen LogP contribution in [0.4, 0.5) is 0 Å². The van der Waals surface area contributed by atoms with Crippen molar-refractivity contribution in [2.45, 2.75) is 20.0 Å². The summed E-state index contributed by atoms with van der Waals surface area (Å²) in [5.74, 6) is 2.47. The smallest absolute Gasteiger partial charge is 0.338 e. The van der Waals surface area contributed by atoms with Crippen molar-refractivity contribution < 1.29 is 14.3 Å². The molecule has 0 amide bonds. The van der Waals surface area contributed by atoms with Crippen LogP contribution in [0.2, 0.25) is 0 Å². The number of nitrogens with zero attached hydrogens (tertiary/aromatic N) is 3. The van der Waals surface area contributed by atoms with Gasteiger partial charge in [-0.1, -0.05) is 6.07 Å². The number of rotatable bonds is 6. The molecule has 2 fully saturated rings. The minimum absolute atomic E-state index is 0.196. The fourth-order valence-electron chi connectivity index (χ4n) is 4.83. The Bertz CT molecular complexity index is 984. The van der Waals surface area contributed by atoms with Crippen LogP contribution >= 0.6 is 0 Å². The number of fused-ring (bicyclic) bond motifs is 2. The second-order valence-corrected chi connectivity index (χ2v) is 8.26. The molecule has 3 aliphatic rings. The summed E-state index contributed by atoms with van der Waals surface area (Å²) in [6.07, 6.45) is 2.55. The topological polar surface area (TPSA) is 75.4 Å². The number of piperidine rings is 1. The van der Waals surface area contributed by atoms with E-state index in [4.69, 9.17) is 14.7 Å². The normalized spacial score (nSPS) is 24.6. The van der Waals surface area contributed by atoms with Crippen LogP contribution in [-0.4, -0.2) is 42.1 Å². The molecule has 5 rings (SSSR count). The summed E-state index contributed by atoms with van der Waals surface area (Å²) in [5.41, 5.74) is 4.86. The maximum atomic E-state index is 11.7. The van der Waals surface area contributed by atoms with Crippen LogP contribution in [0.5, 0.6) is 5.88 Å². The Morgan fingerprint density at radius 2 is 2.10 bits per heavy atom. The Labute approximate surface area is 170 Å². The first-order valence-electron chi connectivity index (χ1n) is 10.1. The van der Waals surface area contributed by atoms with Crippen LogP contribution in [0.15, 0.2) is 30.5 Å². The third-order valence-electron chi connectivity index (χ3n) is 6.71. The molecule has 2 aromatic rings. The number of aromatic nitrogens is 1. The molecule has 1 aromatic carbocycles. The van der Waals surface area contributed by atoms with E-state index in [0.717, 1.165) is 49.0 Å². The van der Waals surface area contributed by atoms with E-state index < -0.39 is 0 Å². The molecule has 0 N–H and O–H groups in total. The van der Waals surface area contributed by atoms with Crippen molar-refractivity contribution in [2.24, 2.45) is 17.8 Å². The SMILES string of the molecule is Cc1c(CCN2CC3C(COc4ccc(C#N)cn4)C3C2)ccc2c1COC2=O. The second kappa shape index (κ2) is 7.16. The van der Waals surface area contributed by atoms with E-state index in [1.807, 2.05) is 6.07 Å². The highest BCUT2D eigenvalue weighted by atomic mass is 16.5. The predicted octanol–water partition coefficient (Wildman–Crippen LogP) is 2.73. The molecule has 0 spiro atoms. The number of hydrogen-bond donors (Lipinski definition) is 0. The van der Waals surface area contributed by atoms with Gasteiger partial charge in [0.25, 0.3) is 0 Å². The first-order chi connectivity index (χ1) is 14.1. The average molecular weight is 389 g/mol. The lowest BCUT2D eigenvalue weighted by molar-refractivity contribution is 0.0535. The average Bonchev–Trinajstić information content (AvgIpc) is 3.05. The third-order valence-corrected chi connectivity index (χ3v) is 6.71. The minimum Gasteiger partial charge on any atom is -0.477 e. The van der Waals surface area contributed by atoms with Crippen molar-refractivity contribution in [1.29, 1.82) is 5.26 Å². The van der Waals surface area contributed by atoms with Crippen LogP contribution in [0.3, 0.4) is 0 Å².